The molecule has 0 N–H and O–H groups in total. The molecular weight excluding hydrogens is 228 g/mol. The van der Waals surface area contributed by atoms with E-state index >= 15 is 0 Å². The normalized spacial score (nSPS) is 16.3. The van der Waals surface area contributed by atoms with E-state index in [0.717, 1.165) is 0 Å². The van der Waals surface area contributed by atoms with Crippen molar-refractivity contribution in [1.82, 2.24) is 0 Å². The smallest absolute Gasteiger partial charge is 0.0216 e. The molecule has 0 radical (unpaired) electrons. The van der Waals surface area contributed by atoms with Crippen LogP contribution in [-0.2, 0) is 12.8 Å². The van der Waals surface area contributed by atoms with Crippen LogP contribution in [0.3, 0.4) is 0 Å². The summed E-state index contributed by atoms with van der Waals surface area (Å²) in [5.74, 6) is 0. The number of hydrogen-bond acceptors (Lipinski definition) is 0. The Morgan fingerprint density at radius 1 is 0.684 bits per heavy atom. The minimum Gasteiger partial charge on any atom is -0.0591 e. The Morgan fingerprint density at radius 2 is 1.05 bits per heavy atom. The van der Waals surface area contributed by atoms with Gasteiger partial charge in [0, 0.05) is 0 Å². The minimum atomic E-state index is 0.546. The monoisotopic (exact) mass is 250 g/mol. The lowest BCUT2D eigenvalue weighted by atomic mass is 9.89. The molecule has 0 amide bonds. The first-order valence-electron chi connectivity index (χ1n) is 7.26. The Balaban J connectivity index is 1.70. The molecular formula is C19H22. The Morgan fingerprint density at radius 3 is 1.37 bits per heavy atom. The molecule has 0 unspecified atom stereocenters. The zero-order chi connectivity index (χ0) is 13.3. The standard InChI is InChI=1S/C19H22/c1-15-3-7-17(8-4-15)13-19(11-12-19)14-18-9-5-16(2)6-10-18/h3-10H,11-14H2,1-2H3. The number of hydrogen-bond donors (Lipinski definition) is 0. The molecule has 98 valence electrons. The van der Waals surface area contributed by atoms with Crippen LogP contribution in [0, 0.1) is 19.3 Å². The summed E-state index contributed by atoms with van der Waals surface area (Å²) in [5.41, 5.74) is 6.24. The van der Waals surface area contributed by atoms with Crippen LogP contribution in [0.25, 0.3) is 0 Å². The highest BCUT2D eigenvalue weighted by atomic mass is 14.5. The third-order valence-electron chi connectivity index (χ3n) is 4.36. The van der Waals surface area contributed by atoms with Gasteiger partial charge in [-0.05, 0) is 56.1 Å². The number of rotatable bonds is 4. The molecule has 2 aromatic rings. The Kier molecular flexibility index (Phi) is 3.18. The van der Waals surface area contributed by atoms with Crippen molar-refractivity contribution in [1.29, 1.82) is 0 Å². The molecule has 1 aliphatic rings. The van der Waals surface area contributed by atoms with Crippen molar-refractivity contribution in [2.24, 2.45) is 5.41 Å². The van der Waals surface area contributed by atoms with E-state index in [1.807, 2.05) is 0 Å². The molecule has 0 spiro atoms. The maximum atomic E-state index is 2.30. The van der Waals surface area contributed by atoms with E-state index < -0.39 is 0 Å². The topological polar surface area (TPSA) is 0 Å². The van der Waals surface area contributed by atoms with Gasteiger partial charge < -0.3 is 0 Å². The van der Waals surface area contributed by atoms with Gasteiger partial charge in [0.05, 0.1) is 0 Å². The molecule has 1 aliphatic carbocycles. The summed E-state index contributed by atoms with van der Waals surface area (Å²) in [6.45, 7) is 4.31. The third-order valence-corrected chi connectivity index (χ3v) is 4.36. The first-order valence-corrected chi connectivity index (χ1v) is 7.26. The molecule has 0 nitrogen and oxygen atoms in total. The molecule has 1 saturated carbocycles. The molecule has 0 saturated heterocycles. The fourth-order valence-corrected chi connectivity index (χ4v) is 2.87. The van der Waals surface area contributed by atoms with Crippen LogP contribution in [0.1, 0.15) is 35.1 Å². The highest BCUT2D eigenvalue weighted by Crippen LogP contribution is 2.50. The van der Waals surface area contributed by atoms with Gasteiger partial charge in [-0.2, -0.15) is 0 Å². The van der Waals surface area contributed by atoms with Gasteiger partial charge in [-0.15, -0.1) is 0 Å². The van der Waals surface area contributed by atoms with Gasteiger partial charge in [-0.1, -0.05) is 59.7 Å². The summed E-state index contributed by atoms with van der Waals surface area (Å²) in [7, 11) is 0. The van der Waals surface area contributed by atoms with Gasteiger partial charge in [0.2, 0.25) is 0 Å². The first-order chi connectivity index (χ1) is 9.15. The maximum absolute atomic E-state index is 2.30. The zero-order valence-corrected chi connectivity index (χ0v) is 11.9. The minimum absolute atomic E-state index is 0.546. The highest BCUT2D eigenvalue weighted by molar-refractivity contribution is 5.27. The molecule has 0 bridgehead atoms. The molecule has 0 heteroatoms. The van der Waals surface area contributed by atoms with Crippen LogP contribution in [-0.4, -0.2) is 0 Å². The SMILES string of the molecule is Cc1ccc(CC2(Cc3ccc(C)cc3)CC2)cc1. The lowest BCUT2D eigenvalue weighted by molar-refractivity contribution is 0.504. The predicted molar refractivity (Wildman–Crippen MR) is 81.4 cm³/mol. The number of aryl methyl sites for hydroxylation is 2. The van der Waals surface area contributed by atoms with Gasteiger partial charge in [0.1, 0.15) is 0 Å². The van der Waals surface area contributed by atoms with E-state index in [0.29, 0.717) is 5.41 Å². The maximum Gasteiger partial charge on any atom is -0.0216 e. The molecule has 0 atom stereocenters. The van der Waals surface area contributed by atoms with E-state index in [4.69, 9.17) is 0 Å². The lowest BCUT2D eigenvalue weighted by Crippen LogP contribution is -2.09. The summed E-state index contributed by atoms with van der Waals surface area (Å²) in [4.78, 5) is 0. The van der Waals surface area contributed by atoms with Crippen LogP contribution in [0.4, 0.5) is 0 Å². The average Bonchev–Trinajstić information content (AvgIpc) is 3.15. The van der Waals surface area contributed by atoms with Crippen LogP contribution in [0.5, 0.6) is 0 Å². The Labute approximate surface area is 116 Å². The highest BCUT2D eigenvalue weighted by Gasteiger charge is 2.42. The molecule has 0 aromatic heterocycles. The van der Waals surface area contributed by atoms with Crippen LogP contribution >= 0.6 is 0 Å². The molecule has 19 heavy (non-hydrogen) atoms. The Bertz CT molecular complexity index is 492. The van der Waals surface area contributed by atoms with Crippen molar-refractivity contribution in [2.45, 2.75) is 39.5 Å². The summed E-state index contributed by atoms with van der Waals surface area (Å²) in [6, 6.07) is 18.1. The van der Waals surface area contributed by atoms with Gasteiger partial charge in [0.15, 0.2) is 0 Å². The quantitative estimate of drug-likeness (QED) is 0.726. The summed E-state index contributed by atoms with van der Waals surface area (Å²) in [6.07, 6.45) is 5.24. The van der Waals surface area contributed by atoms with Gasteiger partial charge in [-0.25, -0.2) is 0 Å². The molecule has 0 aliphatic heterocycles. The largest absolute Gasteiger partial charge is 0.0591 e. The van der Waals surface area contributed by atoms with E-state index in [1.165, 1.54) is 47.9 Å². The lowest BCUT2D eigenvalue weighted by Gasteiger charge is -2.15. The second-order valence-electron chi connectivity index (χ2n) is 6.32. The second kappa shape index (κ2) is 4.85. The summed E-state index contributed by atoms with van der Waals surface area (Å²) < 4.78 is 0. The average molecular weight is 250 g/mol. The fourth-order valence-electron chi connectivity index (χ4n) is 2.87. The zero-order valence-electron chi connectivity index (χ0n) is 11.9. The van der Waals surface area contributed by atoms with Crippen LogP contribution in [0.2, 0.25) is 0 Å². The van der Waals surface area contributed by atoms with Crippen molar-refractivity contribution >= 4 is 0 Å². The molecule has 3 rings (SSSR count). The van der Waals surface area contributed by atoms with E-state index in [2.05, 4.69) is 62.4 Å². The van der Waals surface area contributed by atoms with E-state index in [-0.39, 0.29) is 0 Å². The summed E-state index contributed by atoms with van der Waals surface area (Å²) >= 11 is 0. The van der Waals surface area contributed by atoms with Crippen molar-refractivity contribution in [3.63, 3.8) is 0 Å². The van der Waals surface area contributed by atoms with E-state index in [9.17, 15) is 0 Å². The van der Waals surface area contributed by atoms with Crippen LogP contribution in [0.15, 0.2) is 48.5 Å². The van der Waals surface area contributed by atoms with Gasteiger partial charge >= 0.3 is 0 Å². The van der Waals surface area contributed by atoms with Crippen LogP contribution < -0.4 is 0 Å². The second-order valence-corrected chi connectivity index (χ2v) is 6.32. The third kappa shape index (κ3) is 3.07. The van der Waals surface area contributed by atoms with Gasteiger partial charge in [0.25, 0.3) is 0 Å². The summed E-state index contributed by atoms with van der Waals surface area (Å²) in [5, 5.41) is 0. The molecule has 0 heterocycles. The predicted octanol–water partition coefficient (Wildman–Crippen LogP) is 4.87. The van der Waals surface area contributed by atoms with Crippen molar-refractivity contribution < 1.29 is 0 Å². The molecule has 1 fully saturated rings. The number of benzene rings is 2. The van der Waals surface area contributed by atoms with E-state index in [1.54, 1.807) is 0 Å². The Hall–Kier alpha value is -1.56. The molecule has 2 aromatic carbocycles. The van der Waals surface area contributed by atoms with Gasteiger partial charge in [-0.3, -0.25) is 0 Å². The van der Waals surface area contributed by atoms with Crippen molar-refractivity contribution in [2.75, 3.05) is 0 Å². The van der Waals surface area contributed by atoms with Crippen molar-refractivity contribution in [3.05, 3.63) is 70.8 Å². The van der Waals surface area contributed by atoms with Crippen molar-refractivity contribution in [3.8, 4) is 0 Å². The fraction of sp³-hybridized carbons (Fsp3) is 0.368. The first kappa shape index (κ1) is 12.5.